The fourth-order valence-electron chi connectivity index (χ4n) is 2.25. The van der Waals surface area contributed by atoms with Gasteiger partial charge in [-0.1, -0.05) is 12.1 Å². The SMILES string of the molecule is O=C(Nc1nc(-c2ccc(I)cc2)cs1)c1ccc2ncsc2c1. The van der Waals surface area contributed by atoms with Crippen molar-refractivity contribution >= 4 is 66.5 Å². The molecule has 0 aliphatic rings. The van der Waals surface area contributed by atoms with E-state index in [9.17, 15) is 4.79 Å². The number of carbonyl (C=O) groups excluding carboxylic acids is 1. The van der Waals surface area contributed by atoms with Crippen molar-refractivity contribution in [2.75, 3.05) is 5.32 Å². The predicted octanol–water partition coefficient (Wildman–Crippen LogP) is 5.28. The molecule has 0 atom stereocenters. The van der Waals surface area contributed by atoms with Crippen LogP contribution < -0.4 is 5.32 Å². The lowest BCUT2D eigenvalue weighted by Gasteiger charge is -2.01. The van der Waals surface area contributed by atoms with E-state index in [-0.39, 0.29) is 5.91 Å². The Morgan fingerprint density at radius 3 is 2.75 bits per heavy atom. The number of hydrogen-bond acceptors (Lipinski definition) is 5. The fourth-order valence-corrected chi connectivity index (χ4v) is 4.04. The molecule has 0 fully saturated rings. The topological polar surface area (TPSA) is 54.9 Å². The molecule has 7 heteroatoms. The number of halogens is 1. The molecule has 0 spiro atoms. The van der Waals surface area contributed by atoms with Crippen molar-refractivity contribution in [1.82, 2.24) is 9.97 Å². The van der Waals surface area contributed by atoms with E-state index in [2.05, 4.69) is 37.9 Å². The molecule has 0 saturated heterocycles. The molecule has 1 N–H and O–H groups in total. The van der Waals surface area contributed by atoms with Crippen molar-refractivity contribution in [3.8, 4) is 11.3 Å². The van der Waals surface area contributed by atoms with Crippen LogP contribution in [0.15, 0.2) is 53.4 Å². The van der Waals surface area contributed by atoms with Crippen molar-refractivity contribution in [1.29, 1.82) is 0 Å². The molecular weight excluding hydrogens is 453 g/mol. The average molecular weight is 463 g/mol. The Labute approximate surface area is 159 Å². The molecule has 1 amide bonds. The molecule has 0 unspecified atom stereocenters. The molecule has 0 radical (unpaired) electrons. The molecule has 0 bridgehead atoms. The lowest BCUT2D eigenvalue weighted by Crippen LogP contribution is -2.11. The van der Waals surface area contributed by atoms with E-state index in [1.807, 2.05) is 41.8 Å². The normalized spacial score (nSPS) is 10.9. The summed E-state index contributed by atoms with van der Waals surface area (Å²) >= 11 is 5.22. The second-order valence-corrected chi connectivity index (χ2v) is 8.02. The van der Waals surface area contributed by atoms with E-state index in [4.69, 9.17) is 0 Å². The molecule has 24 heavy (non-hydrogen) atoms. The van der Waals surface area contributed by atoms with Crippen LogP contribution in [0.5, 0.6) is 0 Å². The van der Waals surface area contributed by atoms with Gasteiger partial charge in [0.25, 0.3) is 5.91 Å². The molecule has 2 aromatic heterocycles. The molecule has 2 heterocycles. The summed E-state index contributed by atoms with van der Waals surface area (Å²) in [5.41, 5.74) is 5.20. The van der Waals surface area contributed by atoms with Crippen LogP contribution in [0.1, 0.15) is 10.4 Å². The molecular formula is C17H10IN3OS2. The van der Waals surface area contributed by atoms with Gasteiger partial charge in [0.15, 0.2) is 5.13 Å². The highest BCUT2D eigenvalue weighted by molar-refractivity contribution is 14.1. The van der Waals surface area contributed by atoms with Gasteiger partial charge in [0.2, 0.25) is 0 Å². The minimum absolute atomic E-state index is 0.159. The van der Waals surface area contributed by atoms with Crippen LogP contribution in [-0.4, -0.2) is 15.9 Å². The van der Waals surface area contributed by atoms with Gasteiger partial charge >= 0.3 is 0 Å². The summed E-state index contributed by atoms with van der Waals surface area (Å²) in [6.45, 7) is 0. The first-order valence-electron chi connectivity index (χ1n) is 7.05. The lowest BCUT2D eigenvalue weighted by molar-refractivity contribution is 0.102. The number of nitrogens with zero attached hydrogens (tertiary/aromatic N) is 2. The highest BCUT2D eigenvalue weighted by Gasteiger charge is 2.11. The van der Waals surface area contributed by atoms with Crippen molar-refractivity contribution < 1.29 is 4.79 Å². The number of carbonyl (C=O) groups is 1. The van der Waals surface area contributed by atoms with E-state index in [0.717, 1.165) is 21.5 Å². The monoisotopic (exact) mass is 463 g/mol. The van der Waals surface area contributed by atoms with E-state index in [1.165, 1.54) is 26.2 Å². The van der Waals surface area contributed by atoms with E-state index in [0.29, 0.717) is 10.7 Å². The third kappa shape index (κ3) is 3.19. The van der Waals surface area contributed by atoms with E-state index >= 15 is 0 Å². The Balaban J connectivity index is 1.54. The number of thiazole rings is 2. The quantitative estimate of drug-likeness (QED) is 0.421. The van der Waals surface area contributed by atoms with Crippen LogP contribution in [0.25, 0.3) is 21.5 Å². The van der Waals surface area contributed by atoms with Gasteiger partial charge in [-0.15, -0.1) is 22.7 Å². The van der Waals surface area contributed by atoms with Gasteiger partial charge in [-0.2, -0.15) is 0 Å². The minimum Gasteiger partial charge on any atom is -0.298 e. The zero-order chi connectivity index (χ0) is 16.5. The van der Waals surface area contributed by atoms with Gasteiger partial charge in [0.05, 0.1) is 21.4 Å². The number of anilines is 1. The predicted molar refractivity (Wildman–Crippen MR) is 108 cm³/mol. The summed E-state index contributed by atoms with van der Waals surface area (Å²) in [7, 11) is 0. The molecule has 4 rings (SSSR count). The van der Waals surface area contributed by atoms with E-state index in [1.54, 1.807) is 11.6 Å². The third-order valence-corrected chi connectivity index (χ3v) is 5.73. The van der Waals surface area contributed by atoms with Gasteiger partial charge < -0.3 is 0 Å². The van der Waals surface area contributed by atoms with Gasteiger partial charge in [-0.3, -0.25) is 10.1 Å². The van der Waals surface area contributed by atoms with Gasteiger partial charge in [0.1, 0.15) is 0 Å². The maximum absolute atomic E-state index is 12.4. The molecule has 0 saturated carbocycles. The summed E-state index contributed by atoms with van der Waals surface area (Å²) in [6, 6.07) is 13.6. The molecule has 0 aliphatic heterocycles. The first kappa shape index (κ1) is 15.7. The second-order valence-electron chi connectivity index (χ2n) is 5.03. The Kier molecular flexibility index (Phi) is 4.30. The Hall–Kier alpha value is -1.84. The van der Waals surface area contributed by atoms with Gasteiger partial charge in [-0.05, 0) is 52.9 Å². The Morgan fingerprint density at radius 1 is 1.08 bits per heavy atom. The van der Waals surface area contributed by atoms with Crippen molar-refractivity contribution in [3.05, 3.63) is 62.5 Å². The number of amides is 1. The minimum atomic E-state index is -0.159. The molecule has 0 aliphatic carbocycles. The van der Waals surface area contributed by atoms with Crippen LogP contribution in [0.3, 0.4) is 0 Å². The van der Waals surface area contributed by atoms with Crippen LogP contribution in [0.4, 0.5) is 5.13 Å². The summed E-state index contributed by atoms with van der Waals surface area (Å²) in [5, 5.41) is 5.41. The van der Waals surface area contributed by atoms with E-state index < -0.39 is 0 Å². The van der Waals surface area contributed by atoms with Crippen LogP contribution in [0.2, 0.25) is 0 Å². The van der Waals surface area contributed by atoms with Crippen molar-refractivity contribution in [2.24, 2.45) is 0 Å². The molecule has 118 valence electrons. The number of benzene rings is 2. The molecule has 2 aromatic carbocycles. The first-order valence-corrected chi connectivity index (χ1v) is 9.89. The highest BCUT2D eigenvalue weighted by atomic mass is 127. The number of rotatable bonds is 3. The van der Waals surface area contributed by atoms with Crippen LogP contribution in [-0.2, 0) is 0 Å². The summed E-state index contributed by atoms with van der Waals surface area (Å²) in [5.74, 6) is -0.159. The van der Waals surface area contributed by atoms with Crippen molar-refractivity contribution in [3.63, 3.8) is 0 Å². The maximum atomic E-state index is 12.4. The smallest absolute Gasteiger partial charge is 0.257 e. The Morgan fingerprint density at radius 2 is 1.92 bits per heavy atom. The summed E-state index contributed by atoms with van der Waals surface area (Å²) < 4.78 is 2.18. The zero-order valence-electron chi connectivity index (χ0n) is 12.2. The van der Waals surface area contributed by atoms with Crippen LogP contribution in [0, 0.1) is 3.57 Å². The number of aromatic nitrogens is 2. The number of fused-ring (bicyclic) bond motifs is 1. The second kappa shape index (κ2) is 6.58. The van der Waals surface area contributed by atoms with Crippen molar-refractivity contribution in [2.45, 2.75) is 0 Å². The highest BCUT2D eigenvalue weighted by Crippen LogP contribution is 2.26. The summed E-state index contributed by atoms with van der Waals surface area (Å²) in [4.78, 5) is 21.1. The average Bonchev–Trinajstić information content (AvgIpc) is 3.24. The zero-order valence-corrected chi connectivity index (χ0v) is 16.0. The fraction of sp³-hybridized carbons (Fsp3) is 0. The maximum Gasteiger partial charge on any atom is 0.257 e. The number of hydrogen-bond donors (Lipinski definition) is 1. The van der Waals surface area contributed by atoms with Crippen LogP contribution >= 0.6 is 45.3 Å². The summed E-state index contributed by atoms with van der Waals surface area (Å²) in [6.07, 6.45) is 0. The standard InChI is InChI=1S/C17H10IN3OS2/c18-12-4-1-10(2-5-12)14-8-23-17(20-14)21-16(22)11-3-6-13-15(7-11)24-9-19-13/h1-9H,(H,20,21,22). The third-order valence-electron chi connectivity index (χ3n) is 3.46. The largest absolute Gasteiger partial charge is 0.298 e. The lowest BCUT2D eigenvalue weighted by atomic mass is 10.2. The molecule has 4 aromatic rings. The Bertz CT molecular complexity index is 1020. The number of nitrogens with one attached hydrogen (secondary N) is 1. The van der Waals surface area contributed by atoms with Gasteiger partial charge in [0, 0.05) is 20.1 Å². The van der Waals surface area contributed by atoms with Gasteiger partial charge in [-0.25, -0.2) is 9.97 Å². The molecule has 4 nitrogen and oxygen atoms in total. The first-order chi connectivity index (χ1) is 11.7.